The van der Waals surface area contributed by atoms with Crippen molar-refractivity contribution >= 4 is 0 Å². The van der Waals surface area contributed by atoms with Crippen LogP contribution >= 0.6 is 0 Å². The van der Waals surface area contributed by atoms with Gasteiger partial charge in [0.05, 0.1) is 9.85 Å². The first kappa shape index (κ1) is 12.0. The maximum absolute atomic E-state index is 10.7. The second-order valence-corrected chi connectivity index (χ2v) is 3.89. The summed E-state index contributed by atoms with van der Waals surface area (Å²) in [5.41, 5.74) is -4.26. The van der Waals surface area contributed by atoms with Crippen LogP contribution in [0.1, 0.15) is 19.8 Å². The van der Waals surface area contributed by atoms with Crippen LogP contribution in [0, 0.1) is 30.3 Å². The molecule has 0 heterocycles. The molecule has 0 saturated carbocycles. The number of rotatable bonds is 3. The molecule has 0 spiro atoms. The van der Waals surface area contributed by atoms with E-state index in [0.717, 1.165) is 19.1 Å². The van der Waals surface area contributed by atoms with Crippen LogP contribution in [-0.4, -0.2) is 26.0 Å². The molecule has 1 atom stereocenters. The summed E-state index contributed by atoms with van der Waals surface area (Å²) >= 11 is 0. The first-order valence-electron chi connectivity index (χ1n) is 4.36. The van der Waals surface area contributed by atoms with E-state index in [0.29, 0.717) is 0 Å². The third kappa shape index (κ3) is 1.59. The Bertz CT molecular complexity index is 378. The molecule has 9 heteroatoms. The van der Waals surface area contributed by atoms with Crippen LogP contribution in [0.25, 0.3) is 0 Å². The molecule has 9 nitrogen and oxygen atoms in total. The van der Waals surface area contributed by atoms with Crippen LogP contribution in [0.4, 0.5) is 0 Å². The standard InChI is InChI=1S/C7H9N3O6/c1-6(8(11)12)3-2-4-7(5-6,9(13)14)10(15)16/h2-3H,4-5H2,1H3. The molecule has 0 aromatic rings. The molecule has 0 fully saturated rings. The smallest absolute Gasteiger partial charge is 0.264 e. The van der Waals surface area contributed by atoms with Gasteiger partial charge >= 0.3 is 5.66 Å². The molecule has 0 aromatic heterocycles. The summed E-state index contributed by atoms with van der Waals surface area (Å²) in [5.74, 6) is 0. The maximum Gasteiger partial charge on any atom is 0.469 e. The van der Waals surface area contributed by atoms with Crippen molar-refractivity contribution in [3.63, 3.8) is 0 Å². The molecule has 0 aromatic carbocycles. The molecule has 88 valence electrons. The fourth-order valence-electron chi connectivity index (χ4n) is 1.68. The third-order valence-corrected chi connectivity index (χ3v) is 2.66. The molecular formula is C7H9N3O6. The average Bonchev–Trinajstić information content (AvgIpc) is 2.16. The molecule has 0 N–H and O–H groups in total. The molecule has 1 aliphatic rings. The van der Waals surface area contributed by atoms with E-state index in [-0.39, 0.29) is 0 Å². The minimum Gasteiger partial charge on any atom is -0.264 e. The van der Waals surface area contributed by atoms with Gasteiger partial charge in [0.1, 0.15) is 6.42 Å². The van der Waals surface area contributed by atoms with E-state index in [1.807, 2.05) is 0 Å². The molecule has 0 saturated heterocycles. The third-order valence-electron chi connectivity index (χ3n) is 2.66. The van der Waals surface area contributed by atoms with Crippen LogP contribution in [-0.2, 0) is 0 Å². The molecule has 1 unspecified atom stereocenters. The summed E-state index contributed by atoms with van der Waals surface area (Å²) in [4.78, 5) is 29.3. The van der Waals surface area contributed by atoms with Crippen LogP contribution in [0.5, 0.6) is 0 Å². The number of nitrogens with zero attached hydrogens (tertiary/aromatic N) is 3. The van der Waals surface area contributed by atoms with Gasteiger partial charge in [-0.2, -0.15) is 0 Å². The fourth-order valence-corrected chi connectivity index (χ4v) is 1.68. The Morgan fingerprint density at radius 1 is 1.06 bits per heavy atom. The molecular weight excluding hydrogens is 222 g/mol. The number of hydrogen-bond acceptors (Lipinski definition) is 6. The van der Waals surface area contributed by atoms with E-state index in [9.17, 15) is 30.3 Å². The van der Waals surface area contributed by atoms with Crippen molar-refractivity contribution in [2.24, 2.45) is 0 Å². The van der Waals surface area contributed by atoms with Crippen LogP contribution in [0.3, 0.4) is 0 Å². The van der Waals surface area contributed by atoms with E-state index in [1.54, 1.807) is 0 Å². The van der Waals surface area contributed by atoms with Gasteiger partial charge in [-0.1, -0.05) is 6.08 Å². The highest BCUT2D eigenvalue weighted by atomic mass is 16.7. The minimum atomic E-state index is -2.49. The average molecular weight is 231 g/mol. The van der Waals surface area contributed by atoms with E-state index >= 15 is 0 Å². The lowest BCUT2D eigenvalue weighted by Gasteiger charge is -2.25. The fraction of sp³-hybridized carbons (Fsp3) is 0.714. The molecule has 0 radical (unpaired) electrons. The van der Waals surface area contributed by atoms with Crippen LogP contribution in [0.2, 0.25) is 0 Å². The Balaban J connectivity index is 3.20. The monoisotopic (exact) mass is 231 g/mol. The summed E-state index contributed by atoms with van der Waals surface area (Å²) in [6, 6.07) is 0. The van der Waals surface area contributed by atoms with Crippen molar-refractivity contribution in [3.8, 4) is 0 Å². The highest BCUT2D eigenvalue weighted by molar-refractivity contribution is 5.07. The zero-order valence-corrected chi connectivity index (χ0v) is 8.36. The minimum absolute atomic E-state index is 0.434. The van der Waals surface area contributed by atoms with Gasteiger partial charge in [-0.3, -0.25) is 30.3 Å². The largest absolute Gasteiger partial charge is 0.469 e. The van der Waals surface area contributed by atoms with Crippen molar-refractivity contribution in [3.05, 3.63) is 42.5 Å². The van der Waals surface area contributed by atoms with E-state index < -0.39 is 38.8 Å². The van der Waals surface area contributed by atoms with Crippen molar-refractivity contribution in [2.75, 3.05) is 0 Å². The number of hydrogen-bond donors (Lipinski definition) is 0. The normalized spacial score (nSPS) is 27.3. The molecule has 0 bridgehead atoms. The maximum atomic E-state index is 10.7. The predicted octanol–water partition coefficient (Wildman–Crippen LogP) is 0.621. The lowest BCUT2D eigenvalue weighted by Crippen LogP contribution is -2.54. The summed E-state index contributed by atoms with van der Waals surface area (Å²) < 4.78 is 0. The Morgan fingerprint density at radius 3 is 1.94 bits per heavy atom. The molecule has 0 amide bonds. The van der Waals surface area contributed by atoms with Crippen molar-refractivity contribution in [2.45, 2.75) is 31.0 Å². The van der Waals surface area contributed by atoms with Gasteiger partial charge in [0.15, 0.2) is 6.42 Å². The topological polar surface area (TPSA) is 129 Å². The Labute approximate surface area is 89.2 Å². The SMILES string of the molecule is CC1([N+](=O)[O-])C=CCC([N+](=O)[O-])([N+](=O)[O-])C1. The Morgan fingerprint density at radius 2 is 1.56 bits per heavy atom. The quantitative estimate of drug-likeness (QED) is 0.303. The van der Waals surface area contributed by atoms with Gasteiger partial charge in [0, 0.05) is 11.8 Å². The lowest BCUT2D eigenvalue weighted by atomic mass is 9.82. The van der Waals surface area contributed by atoms with Gasteiger partial charge in [-0.15, -0.1) is 0 Å². The summed E-state index contributed by atoms with van der Waals surface area (Å²) in [7, 11) is 0. The summed E-state index contributed by atoms with van der Waals surface area (Å²) in [6.07, 6.45) is 1.11. The van der Waals surface area contributed by atoms with Crippen LogP contribution < -0.4 is 0 Å². The Kier molecular flexibility index (Phi) is 2.63. The zero-order valence-electron chi connectivity index (χ0n) is 8.36. The highest BCUT2D eigenvalue weighted by Crippen LogP contribution is 2.35. The summed E-state index contributed by atoms with van der Waals surface area (Å²) in [5, 5.41) is 32.2. The van der Waals surface area contributed by atoms with Gasteiger partial charge in [-0.25, -0.2) is 0 Å². The second kappa shape index (κ2) is 3.51. The van der Waals surface area contributed by atoms with Gasteiger partial charge < -0.3 is 0 Å². The van der Waals surface area contributed by atoms with Crippen molar-refractivity contribution in [1.29, 1.82) is 0 Å². The summed E-state index contributed by atoms with van der Waals surface area (Å²) in [6.45, 7) is 1.13. The van der Waals surface area contributed by atoms with E-state index in [4.69, 9.17) is 0 Å². The molecule has 1 rings (SSSR count). The van der Waals surface area contributed by atoms with Gasteiger partial charge in [-0.05, 0) is 6.08 Å². The second-order valence-electron chi connectivity index (χ2n) is 3.89. The highest BCUT2D eigenvalue weighted by Gasteiger charge is 2.64. The number of nitro groups is 3. The van der Waals surface area contributed by atoms with Crippen LogP contribution in [0.15, 0.2) is 12.2 Å². The van der Waals surface area contributed by atoms with Crippen molar-refractivity contribution < 1.29 is 14.8 Å². The van der Waals surface area contributed by atoms with E-state index in [2.05, 4.69) is 0 Å². The Hall–Kier alpha value is -2.06. The van der Waals surface area contributed by atoms with E-state index in [1.165, 1.54) is 0 Å². The molecule has 0 aliphatic heterocycles. The van der Waals surface area contributed by atoms with Gasteiger partial charge in [0.2, 0.25) is 0 Å². The van der Waals surface area contributed by atoms with Crippen molar-refractivity contribution in [1.82, 2.24) is 0 Å². The van der Waals surface area contributed by atoms with Gasteiger partial charge in [0.25, 0.3) is 5.54 Å². The molecule has 1 aliphatic carbocycles. The zero-order chi connectivity index (χ0) is 12.6. The lowest BCUT2D eigenvalue weighted by molar-refractivity contribution is -0.804. The predicted molar refractivity (Wildman–Crippen MR) is 50.5 cm³/mol. The first-order valence-corrected chi connectivity index (χ1v) is 4.36. The first-order chi connectivity index (χ1) is 7.24. The molecule has 16 heavy (non-hydrogen) atoms.